The molecule has 0 N–H and O–H groups in total. The lowest BCUT2D eigenvalue weighted by Gasteiger charge is -2.37. The summed E-state index contributed by atoms with van der Waals surface area (Å²) in [7, 11) is 1.99. The molecule has 4 aromatic rings. The highest BCUT2D eigenvalue weighted by molar-refractivity contribution is 6.30. The van der Waals surface area contributed by atoms with Gasteiger partial charge in [-0.25, -0.2) is 0 Å². The summed E-state index contributed by atoms with van der Waals surface area (Å²) in [6, 6.07) is 25.3. The molecule has 1 fully saturated rings. The first-order chi connectivity index (χ1) is 17.9. The number of hydrogen-bond donors (Lipinski definition) is 0. The van der Waals surface area contributed by atoms with Gasteiger partial charge in [0, 0.05) is 73.0 Å². The monoisotopic (exact) mass is 511 g/mol. The van der Waals surface area contributed by atoms with Crippen molar-refractivity contribution in [1.29, 1.82) is 5.26 Å². The molecule has 1 saturated heterocycles. The first kappa shape index (κ1) is 24.4. The van der Waals surface area contributed by atoms with Crippen LogP contribution in [0.3, 0.4) is 0 Å². The Bertz CT molecular complexity index is 1500. The fourth-order valence-electron chi connectivity index (χ4n) is 5.03. The zero-order valence-electron chi connectivity index (χ0n) is 20.7. The highest BCUT2D eigenvalue weighted by Crippen LogP contribution is 2.40. The number of nitriles is 1. The van der Waals surface area contributed by atoms with Gasteiger partial charge in [-0.2, -0.15) is 5.26 Å². The van der Waals surface area contributed by atoms with Crippen LogP contribution in [0.5, 0.6) is 0 Å². The summed E-state index contributed by atoms with van der Waals surface area (Å²) < 4.78 is 2.08. The van der Waals surface area contributed by atoms with Crippen LogP contribution in [0.4, 0.5) is 17.1 Å². The SMILES string of the molecule is Cc1c(C#N)c(-c2cccc(N3CCN(c4ccc([N+](=O)[O-])cc4)CC3)c2)c(-c2ccc(Cl)cc2)n1C. The zero-order valence-corrected chi connectivity index (χ0v) is 21.4. The lowest BCUT2D eigenvalue weighted by molar-refractivity contribution is -0.384. The van der Waals surface area contributed by atoms with Gasteiger partial charge in [-0.15, -0.1) is 0 Å². The second kappa shape index (κ2) is 10.00. The van der Waals surface area contributed by atoms with Gasteiger partial charge in [0.2, 0.25) is 0 Å². The smallest absolute Gasteiger partial charge is 0.269 e. The molecule has 3 aromatic carbocycles. The van der Waals surface area contributed by atoms with Crippen molar-refractivity contribution >= 4 is 28.7 Å². The van der Waals surface area contributed by atoms with Crippen molar-refractivity contribution in [2.45, 2.75) is 6.92 Å². The third-order valence-corrected chi connectivity index (χ3v) is 7.37. The normalized spacial score (nSPS) is 13.5. The van der Waals surface area contributed by atoms with Gasteiger partial charge in [0.25, 0.3) is 5.69 Å². The Morgan fingerprint density at radius 2 is 1.51 bits per heavy atom. The fourth-order valence-corrected chi connectivity index (χ4v) is 5.16. The Kier molecular flexibility index (Phi) is 6.60. The highest BCUT2D eigenvalue weighted by atomic mass is 35.5. The number of halogens is 1. The molecule has 0 radical (unpaired) electrons. The number of nitrogens with zero attached hydrogens (tertiary/aromatic N) is 5. The zero-order chi connectivity index (χ0) is 26.1. The lowest BCUT2D eigenvalue weighted by atomic mass is 9.97. The second-order valence-electron chi connectivity index (χ2n) is 9.16. The van der Waals surface area contributed by atoms with E-state index in [0.717, 1.165) is 65.6 Å². The molecule has 37 heavy (non-hydrogen) atoms. The van der Waals surface area contributed by atoms with Gasteiger partial charge in [0.15, 0.2) is 0 Å². The molecule has 5 rings (SSSR count). The fraction of sp³-hybridized carbons (Fsp3) is 0.207. The van der Waals surface area contributed by atoms with Crippen LogP contribution in [0.2, 0.25) is 5.02 Å². The number of non-ortho nitro benzene ring substituents is 1. The van der Waals surface area contributed by atoms with Crippen LogP contribution in [-0.4, -0.2) is 35.7 Å². The standard InChI is InChI=1S/C29H26ClN5O2/c1-20-27(19-31)28(29(32(20)2)21-6-8-23(30)9-7-21)22-4-3-5-26(18-22)34-16-14-33(15-17-34)24-10-12-25(13-11-24)35(36)37/h3-13,18H,14-17H2,1-2H3. The van der Waals surface area contributed by atoms with E-state index in [-0.39, 0.29) is 10.6 Å². The summed E-state index contributed by atoms with van der Waals surface area (Å²) in [5.41, 5.74) is 7.72. The molecule has 0 atom stereocenters. The molecule has 0 unspecified atom stereocenters. The average Bonchev–Trinajstić information content (AvgIpc) is 3.19. The van der Waals surface area contributed by atoms with Crippen molar-refractivity contribution in [2.24, 2.45) is 7.05 Å². The molecule has 0 spiro atoms. The van der Waals surface area contributed by atoms with E-state index >= 15 is 0 Å². The minimum atomic E-state index is -0.376. The van der Waals surface area contributed by atoms with E-state index in [4.69, 9.17) is 11.6 Å². The number of benzene rings is 3. The number of piperazine rings is 1. The summed E-state index contributed by atoms with van der Waals surface area (Å²) in [6.07, 6.45) is 0. The van der Waals surface area contributed by atoms with Crippen LogP contribution < -0.4 is 9.80 Å². The molecule has 1 aliphatic rings. The highest BCUT2D eigenvalue weighted by Gasteiger charge is 2.23. The first-order valence-corrected chi connectivity index (χ1v) is 12.4. The summed E-state index contributed by atoms with van der Waals surface area (Å²) >= 11 is 6.14. The van der Waals surface area contributed by atoms with E-state index < -0.39 is 0 Å². The predicted octanol–water partition coefficient (Wildman–Crippen LogP) is 6.43. The molecular weight excluding hydrogens is 486 g/mol. The predicted molar refractivity (Wildman–Crippen MR) is 148 cm³/mol. The van der Waals surface area contributed by atoms with Gasteiger partial charge in [0.05, 0.1) is 16.2 Å². The number of aromatic nitrogens is 1. The Morgan fingerprint density at radius 1 is 0.892 bits per heavy atom. The van der Waals surface area contributed by atoms with Gasteiger partial charge >= 0.3 is 0 Å². The van der Waals surface area contributed by atoms with Crippen LogP contribution >= 0.6 is 11.6 Å². The van der Waals surface area contributed by atoms with Crippen LogP contribution in [0, 0.1) is 28.4 Å². The number of rotatable bonds is 5. The third kappa shape index (κ3) is 4.64. The van der Waals surface area contributed by atoms with Crippen molar-refractivity contribution in [3.63, 3.8) is 0 Å². The second-order valence-corrected chi connectivity index (χ2v) is 9.60. The van der Waals surface area contributed by atoms with Crippen molar-refractivity contribution in [3.05, 3.63) is 99.2 Å². The third-order valence-electron chi connectivity index (χ3n) is 7.12. The number of nitro groups is 1. The number of nitro benzene ring substituents is 1. The molecular formula is C29H26ClN5O2. The molecule has 186 valence electrons. The van der Waals surface area contributed by atoms with Gasteiger partial charge in [-0.05, 0) is 54.4 Å². The quantitative estimate of drug-likeness (QED) is 0.228. The first-order valence-electron chi connectivity index (χ1n) is 12.1. The molecule has 7 nitrogen and oxygen atoms in total. The van der Waals surface area contributed by atoms with E-state index in [2.05, 4.69) is 38.6 Å². The van der Waals surface area contributed by atoms with Gasteiger partial charge in [0.1, 0.15) is 6.07 Å². The van der Waals surface area contributed by atoms with Crippen LogP contribution in [0.15, 0.2) is 72.8 Å². The minimum absolute atomic E-state index is 0.102. The maximum absolute atomic E-state index is 11.0. The van der Waals surface area contributed by atoms with Crippen molar-refractivity contribution in [2.75, 3.05) is 36.0 Å². The van der Waals surface area contributed by atoms with Crippen LogP contribution in [-0.2, 0) is 7.05 Å². The van der Waals surface area contributed by atoms with Crippen molar-refractivity contribution < 1.29 is 4.92 Å². The number of hydrogen-bond acceptors (Lipinski definition) is 5. The van der Waals surface area contributed by atoms with E-state index in [9.17, 15) is 15.4 Å². The molecule has 0 bridgehead atoms. The Hall–Kier alpha value is -4.28. The van der Waals surface area contributed by atoms with Gasteiger partial charge in [-0.1, -0.05) is 35.9 Å². The van der Waals surface area contributed by atoms with E-state index in [1.807, 2.05) is 56.4 Å². The molecule has 0 amide bonds. The molecule has 2 heterocycles. The lowest BCUT2D eigenvalue weighted by Crippen LogP contribution is -2.46. The number of anilines is 2. The summed E-state index contributed by atoms with van der Waals surface area (Å²) in [6.45, 7) is 5.24. The Labute approximate surface area is 220 Å². The van der Waals surface area contributed by atoms with Crippen molar-refractivity contribution in [1.82, 2.24) is 4.57 Å². The average molecular weight is 512 g/mol. The topological polar surface area (TPSA) is 78.3 Å². The van der Waals surface area contributed by atoms with Crippen molar-refractivity contribution in [3.8, 4) is 28.5 Å². The summed E-state index contributed by atoms with van der Waals surface area (Å²) in [5.74, 6) is 0. The molecule has 1 aliphatic heterocycles. The largest absolute Gasteiger partial charge is 0.368 e. The van der Waals surface area contributed by atoms with E-state index in [1.165, 1.54) is 0 Å². The van der Waals surface area contributed by atoms with Gasteiger partial charge < -0.3 is 14.4 Å². The van der Waals surface area contributed by atoms with Crippen LogP contribution in [0.1, 0.15) is 11.3 Å². The Morgan fingerprint density at radius 3 is 2.11 bits per heavy atom. The summed E-state index contributed by atoms with van der Waals surface area (Å²) in [4.78, 5) is 15.2. The molecule has 0 saturated carbocycles. The van der Waals surface area contributed by atoms with Gasteiger partial charge in [-0.3, -0.25) is 10.1 Å². The van der Waals surface area contributed by atoms with E-state index in [1.54, 1.807) is 12.1 Å². The van der Waals surface area contributed by atoms with E-state index in [0.29, 0.717) is 10.6 Å². The molecule has 8 heteroatoms. The van der Waals surface area contributed by atoms with Crippen LogP contribution in [0.25, 0.3) is 22.4 Å². The maximum atomic E-state index is 11.0. The molecule has 1 aromatic heterocycles. The molecule has 0 aliphatic carbocycles. The summed E-state index contributed by atoms with van der Waals surface area (Å²) in [5, 5.41) is 21.7. The minimum Gasteiger partial charge on any atom is -0.368 e. The maximum Gasteiger partial charge on any atom is 0.269 e. The Balaban J connectivity index is 1.43.